The standard InChI is InChI=1S/C31H39FN2O2/c1-21-18-34(22(2)17-33(21)19-23-3-7-28(32)8-4-23)30(35)20-36-29-9-5-27(6-10-29)31-14-24-11-25(15-31)13-26(12-24)16-31/h3-10,21-22,24-26H,11-20H2,1-2H3. The molecule has 0 N–H and O–H groups in total. The molecular weight excluding hydrogens is 451 g/mol. The van der Waals surface area contributed by atoms with Crippen molar-refractivity contribution in [3.8, 4) is 5.75 Å². The number of carbonyl (C=O) groups excluding carboxylic acids is 1. The Kier molecular flexibility index (Phi) is 6.31. The van der Waals surface area contributed by atoms with E-state index < -0.39 is 0 Å². The maximum atomic E-state index is 13.2. The molecule has 2 unspecified atom stereocenters. The van der Waals surface area contributed by atoms with Crippen molar-refractivity contribution in [3.05, 3.63) is 65.5 Å². The van der Waals surface area contributed by atoms with Crippen LogP contribution in [0.5, 0.6) is 5.75 Å². The van der Waals surface area contributed by atoms with Crippen LogP contribution >= 0.6 is 0 Å². The van der Waals surface area contributed by atoms with Crippen LogP contribution in [-0.4, -0.2) is 47.5 Å². The fourth-order valence-electron chi connectivity index (χ4n) is 8.19. The van der Waals surface area contributed by atoms with Crippen molar-refractivity contribution in [1.82, 2.24) is 9.80 Å². The average molecular weight is 491 g/mol. The lowest BCUT2D eigenvalue weighted by Crippen LogP contribution is -2.58. The summed E-state index contributed by atoms with van der Waals surface area (Å²) in [5.41, 5.74) is 2.97. The summed E-state index contributed by atoms with van der Waals surface area (Å²) < 4.78 is 19.2. The molecule has 1 heterocycles. The van der Waals surface area contributed by atoms with Gasteiger partial charge in [-0.05, 0) is 111 Å². The van der Waals surface area contributed by atoms with Gasteiger partial charge in [-0.3, -0.25) is 9.69 Å². The molecule has 192 valence electrons. The molecule has 5 aliphatic rings. The zero-order chi connectivity index (χ0) is 24.9. The number of carbonyl (C=O) groups is 1. The van der Waals surface area contributed by atoms with Gasteiger partial charge in [-0.1, -0.05) is 24.3 Å². The molecule has 4 saturated carbocycles. The lowest BCUT2D eigenvalue weighted by Gasteiger charge is -2.57. The van der Waals surface area contributed by atoms with Crippen LogP contribution in [-0.2, 0) is 16.8 Å². The van der Waals surface area contributed by atoms with Crippen LogP contribution in [0.4, 0.5) is 4.39 Å². The maximum absolute atomic E-state index is 13.2. The summed E-state index contributed by atoms with van der Waals surface area (Å²) in [7, 11) is 0. The Hall–Kier alpha value is -2.40. The van der Waals surface area contributed by atoms with Crippen LogP contribution in [0, 0.1) is 23.6 Å². The first-order chi connectivity index (χ1) is 17.4. The predicted molar refractivity (Wildman–Crippen MR) is 139 cm³/mol. The van der Waals surface area contributed by atoms with Gasteiger partial charge in [0.05, 0.1) is 0 Å². The first kappa shape index (κ1) is 24.0. The van der Waals surface area contributed by atoms with Crippen LogP contribution < -0.4 is 4.74 Å². The lowest BCUT2D eigenvalue weighted by atomic mass is 9.48. The second-order valence-electron chi connectivity index (χ2n) is 12.3. The van der Waals surface area contributed by atoms with E-state index in [2.05, 4.69) is 43.0 Å². The summed E-state index contributed by atoms with van der Waals surface area (Å²) >= 11 is 0. The Bertz CT molecular complexity index is 1050. The van der Waals surface area contributed by atoms with Crippen LogP contribution in [0.1, 0.15) is 63.5 Å². The van der Waals surface area contributed by atoms with E-state index in [4.69, 9.17) is 4.74 Å². The molecule has 2 aromatic carbocycles. The van der Waals surface area contributed by atoms with E-state index in [9.17, 15) is 9.18 Å². The van der Waals surface area contributed by atoms with Crippen molar-refractivity contribution in [1.29, 1.82) is 0 Å². The molecule has 2 atom stereocenters. The van der Waals surface area contributed by atoms with Gasteiger partial charge in [-0.25, -0.2) is 4.39 Å². The Balaban J connectivity index is 1.03. The van der Waals surface area contributed by atoms with E-state index in [0.717, 1.165) is 42.2 Å². The summed E-state index contributed by atoms with van der Waals surface area (Å²) in [6.07, 6.45) is 8.46. The van der Waals surface area contributed by atoms with Gasteiger partial charge in [0.1, 0.15) is 11.6 Å². The molecule has 5 fully saturated rings. The molecule has 1 amide bonds. The molecule has 7 rings (SSSR count). The minimum absolute atomic E-state index is 0.0425. The summed E-state index contributed by atoms with van der Waals surface area (Å²) in [5, 5.41) is 0. The van der Waals surface area contributed by atoms with Crippen molar-refractivity contribution in [2.24, 2.45) is 17.8 Å². The fourth-order valence-corrected chi connectivity index (χ4v) is 8.19. The fraction of sp³-hybridized carbons (Fsp3) is 0.581. The zero-order valence-electron chi connectivity index (χ0n) is 21.7. The monoisotopic (exact) mass is 490 g/mol. The molecule has 4 nitrogen and oxygen atoms in total. The summed E-state index contributed by atoms with van der Waals surface area (Å²) in [6, 6.07) is 15.7. The van der Waals surface area contributed by atoms with E-state index in [1.54, 1.807) is 0 Å². The first-order valence-electron chi connectivity index (χ1n) is 13.9. The molecule has 4 bridgehead atoms. The molecule has 1 aliphatic heterocycles. The van der Waals surface area contributed by atoms with Crippen molar-refractivity contribution < 1.29 is 13.9 Å². The topological polar surface area (TPSA) is 32.8 Å². The van der Waals surface area contributed by atoms with Crippen LogP contribution in [0.25, 0.3) is 0 Å². The smallest absolute Gasteiger partial charge is 0.260 e. The lowest BCUT2D eigenvalue weighted by molar-refractivity contribution is -0.139. The highest BCUT2D eigenvalue weighted by atomic mass is 19.1. The molecular formula is C31H39FN2O2. The van der Waals surface area contributed by atoms with E-state index in [-0.39, 0.29) is 30.4 Å². The van der Waals surface area contributed by atoms with Gasteiger partial charge in [0.15, 0.2) is 6.61 Å². The molecule has 2 aromatic rings. The molecule has 4 aliphatic carbocycles. The Morgan fingerprint density at radius 3 is 2.11 bits per heavy atom. The Morgan fingerprint density at radius 1 is 0.889 bits per heavy atom. The number of halogens is 1. The van der Waals surface area contributed by atoms with Crippen LogP contribution in [0.3, 0.4) is 0 Å². The van der Waals surface area contributed by atoms with E-state index >= 15 is 0 Å². The van der Waals surface area contributed by atoms with Crippen molar-refractivity contribution in [2.75, 3.05) is 19.7 Å². The average Bonchev–Trinajstić information content (AvgIpc) is 2.85. The van der Waals surface area contributed by atoms with Gasteiger partial charge >= 0.3 is 0 Å². The number of hydrogen-bond acceptors (Lipinski definition) is 3. The van der Waals surface area contributed by atoms with E-state index in [1.807, 2.05) is 17.0 Å². The number of ether oxygens (including phenoxy) is 1. The molecule has 5 heteroatoms. The van der Waals surface area contributed by atoms with Crippen molar-refractivity contribution in [3.63, 3.8) is 0 Å². The number of piperazine rings is 1. The van der Waals surface area contributed by atoms with E-state index in [1.165, 1.54) is 56.2 Å². The van der Waals surface area contributed by atoms with Crippen molar-refractivity contribution >= 4 is 5.91 Å². The normalized spacial score (nSPS) is 33.6. The Morgan fingerprint density at radius 2 is 1.50 bits per heavy atom. The van der Waals surface area contributed by atoms with Gasteiger partial charge < -0.3 is 9.64 Å². The van der Waals surface area contributed by atoms with Crippen LogP contribution in [0.2, 0.25) is 0 Å². The highest BCUT2D eigenvalue weighted by molar-refractivity contribution is 5.78. The summed E-state index contributed by atoms with van der Waals surface area (Å²) in [6.45, 7) is 6.56. The minimum Gasteiger partial charge on any atom is -0.484 e. The second kappa shape index (κ2) is 9.48. The number of rotatable bonds is 6. The quantitative estimate of drug-likeness (QED) is 0.514. The molecule has 0 aromatic heterocycles. The molecule has 36 heavy (non-hydrogen) atoms. The number of amides is 1. The molecule has 0 radical (unpaired) electrons. The van der Waals surface area contributed by atoms with Gasteiger partial charge in [0.2, 0.25) is 0 Å². The second-order valence-corrected chi connectivity index (χ2v) is 12.3. The zero-order valence-corrected chi connectivity index (χ0v) is 21.7. The molecule has 0 spiro atoms. The number of benzene rings is 2. The first-order valence-corrected chi connectivity index (χ1v) is 13.9. The third kappa shape index (κ3) is 4.67. The van der Waals surface area contributed by atoms with Gasteiger partial charge in [-0.2, -0.15) is 0 Å². The van der Waals surface area contributed by atoms with Crippen LogP contribution in [0.15, 0.2) is 48.5 Å². The number of nitrogens with zero attached hydrogens (tertiary/aromatic N) is 2. The largest absolute Gasteiger partial charge is 0.484 e. The Labute approximate surface area is 214 Å². The van der Waals surface area contributed by atoms with Gasteiger partial charge in [0, 0.05) is 31.7 Å². The predicted octanol–water partition coefficient (Wildman–Crippen LogP) is 5.79. The summed E-state index contributed by atoms with van der Waals surface area (Å²) in [5.74, 6) is 3.42. The third-order valence-corrected chi connectivity index (χ3v) is 9.60. The number of hydrogen-bond donors (Lipinski definition) is 0. The summed E-state index contributed by atoms with van der Waals surface area (Å²) in [4.78, 5) is 17.4. The van der Waals surface area contributed by atoms with Gasteiger partial charge in [-0.15, -0.1) is 0 Å². The maximum Gasteiger partial charge on any atom is 0.260 e. The highest BCUT2D eigenvalue weighted by Gasteiger charge is 2.51. The van der Waals surface area contributed by atoms with E-state index in [0.29, 0.717) is 12.0 Å². The minimum atomic E-state index is -0.210. The SMILES string of the molecule is CC1CN(C(=O)COc2ccc(C34CC5CC(CC(C5)C3)C4)cc2)C(C)CN1Cc1ccc(F)cc1. The molecule has 1 saturated heterocycles. The van der Waals surface area contributed by atoms with Gasteiger partial charge in [0.25, 0.3) is 5.91 Å². The third-order valence-electron chi connectivity index (χ3n) is 9.60. The van der Waals surface area contributed by atoms with Crippen molar-refractivity contribution in [2.45, 2.75) is 76.4 Å². The highest BCUT2D eigenvalue weighted by Crippen LogP contribution is 2.60.